The van der Waals surface area contributed by atoms with Crippen LogP contribution in [0.25, 0.3) is 0 Å². The van der Waals surface area contributed by atoms with E-state index in [1.165, 1.54) is 0 Å². The van der Waals surface area contributed by atoms with Crippen LogP contribution in [-0.4, -0.2) is 11.1 Å². The number of halogens is 1. The highest BCUT2D eigenvalue weighted by Gasteiger charge is 2.01. The first-order chi connectivity index (χ1) is 5.74. The van der Waals surface area contributed by atoms with Gasteiger partial charge in [0.05, 0.1) is 5.16 Å². The summed E-state index contributed by atoms with van der Waals surface area (Å²) in [5.74, 6) is -0.344. The minimum atomic E-state index is -0.344. The number of hydrogen-bond donors (Lipinski definition) is 0. The number of rotatable bonds is 1. The van der Waals surface area contributed by atoms with Gasteiger partial charge in [0.25, 0.3) is 5.91 Å². The Morgan fingerprint density at radius 3 is 2.92 bits per heavy atom. The molecule has 0 aliphatic rings. The smallest absolute Gasteiger partial charge is 0.266 e. The molecule has 1 aromatic carbocycles. The maximum Gasteiger partial charge on any atom is 0.285 e. The van der Waals surface area contributed by atoms with Gasteiger partial charge in [-0.15, -0.1) is 0 Å². The number of carbonyl (C=O) groups is 1. The van der Waals surface area contributed by atoms with Gasteiger partial charge >= 0.3 is 0 Å². The highest BCUT2D eigenvalue weighted by Crippen LogP contribution is 2.08. The maximum atomic E-state index is 11.1. The van der Waals surface area contributed by atoms with Crippen LogP contribution in [0, 0.1) is 3.57 Å². The van der Waals surface area contributed by atoms with Crippen molar-refractivity contribution >= 4 is 45.9 Å². The zero-order valence-corrected chi connectivity index (χ0v) is 8.93. The van der Waals surface area contributed by atoms with Crippen molar-refractivity contribution in [2.45, 2.75) is 0 Å². The predicted octanol–water partition coefficient (Wildman–Crippen LogP) is 2.53. The molecule has 0 bridgehead atoms. The average molecular weight is 289 g/mol. The van der Waals surface area contributed by atoms with E-state index in [1.807, 2.05) is 11.2 Å². The summed E-state index contributed by atoms with van der Waals surface area (Å²) in [5.41, 5.74) is 0.541. The fraction of sp³-hybridized carbons (Fsp3) is 0. The van der Waals surface area contributed by atoms with Crippen molar-refractivity contribution in [2.75, 3.05) is 0 Å². The molecule has 0 aliphatic heterocycles. The third-order valence-corrected chi connectivity index (χ3v) is 1.98. The second-order valence-electron chi connectivity index (χ2n) is 2.02. The normalized spacial score (nSPS) is 8.75. The summed E-state index contributed by atoms with van der Waals surface area (Å²) in [6, 6.07) is 7.14. The Morgan fingerprint density at radius 1 is 1.58 bits per heavy atom. The predicted molar refractivity (Wildman–Crippen MR) is 58.5 cm³/mol. The van der Waals surface area contributed by atoms with Crippen LogP contribution >= 0.6 is 34.8 Å². The summed E-state index contributed by atoms with van der Waals surface area (Å²) in [4.78, 5) is 14.5. The number of nitrogens with zero attached hydrogens (tertiary/aromatic N) is 1. The van der Waals surface area contributed by atoms with E-state index in [0.717, 1.165) is 3.57 Å². The topological polar surface area (TPSA) is 29.4 Å². The minimum Gasteiger partial charge on any atom is -0.266 e. The lowest BCUT2D eigenvalue weighted by molar-refractivity contribution is 0.100. The fourth-order valence-electron chi connectivity index (χ4n) is 0.728. The van der Waals surface area contributed by atoms with Crippen molar-refractivity contribution in [3.8, 4) is 0 Å². The van der Waals surface area contributed by atoms with E-state index >= 15 is 0 Å². The van der Waals surface area contributed by atoms with Gasteiger partial charge in [-0.05, 0) is 53.0 Å². The van der Waals surface area contributed by atoms with Crippen molar-refractivity contribution in [1.82, 2.24) is 0 Å². The summed E-state index contributed by atoms with van der Waals surface area (Å²) in [6.45, 7) is 0. The zero-order chi connectivity index (χ0) is 8.97. The van der Waals surface area contributed by atoms with Gasteiger partial charge in [-0.25, -0.2) is 0 Å². The number of isothiocyanates is 1. The number of aliphatic imine (C=N–C) groups is 1. The van der Waals surface area contributed by atoms with Crippen LogP contribution in [0.5, 0.6) is 0 Å². The number of hydrogen-bond acceptors (Lipinski definition) is 2. The molecule has 0 radical (unpaired) electrons. The van der Waals surface area contributed by atoms with Crippen LogP contribution in [-0.2, 0) is 0 Å². The third-order valence-electron chi connectivity index (χ3n) is 1.22. The molecular weight excluding hydrogens is 285 g/mol. The molecule has 4 heteroatoms. The Bertz CT molecular complexity index is 358. The van der Waals surface area contributed by atoms with E-state index in [1.54, 1.807) is 18.2 Å². The molecule has 0 spiro atoms. The van der Waals surface area contributed by atoms with Gasteiger partial charge in [-0.2, -0.15) is 4.99 Å². The highest BCUT2D eigenvalue weighted by molar-refractivity contribution is 14.1. The van der Waals surface area contributed by atoms with Crippen LogP contribution in [0.4, 0.5) is 0 Å². The van der Waals surface area contributed by atoms with E-state index in [-0.39, 0.29) is 5.91 Å². The standard InChI is InChI=1S/C8H4INOS/c9-7-3-1-2-6(4-7)8(11)10-5-12/h1-4H. The molecule has 2 nitrogen and oxygen atoms in total. The van der Waals surface area contributed by atoms with Gasteiger partial charge in [0, 0.05) is 9.13 Å². The summed E-state index contributed by atoms with van der Waals surface area (Å²) >= 11 is 6.45. The van der Waals surface area contributed by atoms with Crippen LogP contribution in [0.3, 0.4) is 0 Å². The Kier molecular flexibility index (Phi) is 3.52. The Balaban J connectivity index is 3.03. The molecule has 0 heterocycles. The summed E-state index contributed by atoms with van der Waals surface area (Å²) in [6.07, 6.45) is 0. The molecule has 0 aliphatic carbocycles. The second-order valence-corrected chi connectivity index (χ2v) is 3.45. The van der Waals surface area contributed by atoms with Crippen molar-refractivity contribution in [3.63, 3.8) is 0 Å². The molecular formula is C8H4INOS. The molecule has 12 heavy (non-hydrogen) atoms. The van der Waals surface area contributed by atoms with E-state index in [0.29, 0.717) is 5.56 Å². The molecule has 0 fully saturated rings. The summed E-state index contributed by atoms with van der Waals surface area (Å²) in [7, 11) is 0. The molecule has 0 aromatic heterocycles. The lowest BCUT2D eigenvalue weighted by Gasteiger charge is -1.93. The number of thiocarbonyl (C=S) groups is 1. The van der Waals surface area contributed by atoms with E-state index in [4.69, 9.17) is 0 Å². The summed E-state index contributed by atoms with van der Waals surface area (Å²) in [5, 5.41) is 2.04. The molecule has 0 atom stereocenters. The van der Waals surface area contributed by atoms with Gasteiger partial charge in [-0.3, -0.25) is 4.79 Å². The van der Waals surface area contributed by atoms with Crippen LogP contribution < -0.4 is 0 Å². The maximum absolute atomic E-state index is 11.1. The zero-order valence-electron chi connectivity index (χ0n) is 5.95. The summed E-state index contributed by atoms with van der Waals surface area (Å²) < 4.78 is 0.998. The van der Waals surface area contributed by atoms with Crippen LogP contribution in [0.2, 0.25) is 0 Å². The number of amides is 1. The van der Waals surface area contributed by atoms with Gasteiger partial charge < -0.3 is 0 Å². The first-order valence-corrected chi connectivity index (χ1v) is 4.60. The van der Waals surface area contributed by atoms with Crippen molar-refractivity contribution in [2.24, 2.45) is 4.99 Å². The van der Waals surface area contributed by atoms with Crippen LogP contribution in [0.15, 0.2) is 29.3 Å². The van der Waals surface area contributed by atoms with Gasteiger partial charge in [0.15, 0.2) is 0 Å². The quantitative estimate of drug-likeness (QED) is 0.452. The monoisotopic (exact) mass is 289 g/mol. The first-order valence-electron chi connectivity index (χ1n) is 3.12. The lowest BCUT2D eigenvalue weighted by Crippen LogP contribution is -1.93. The van der Waals surface area contributed by atoms with E-state index in [2.05, 4.69) is 39.8 Å². The molecule has 0 N–H and O–H groups in total. The van der Waals surface area contributed by atoms with Crippen molar-refractivity contribution in [1.29, 1.82) is 0 Å². The largest absolute Gasteiger partial charge is 0.285 e. The molecule has 1 aromatic rings. The van der Waals surface area contributed by atoms with E-state index in [9.17, 15) is 4.79 Å². The average Bonchev–Trinajstić information content (AvgIpc) is 2.05. The highest BCUT2D eigenvalue weighted by atomic mass is 127. The molecule has 0 unspecified atom stereocenters. The lowest BCUT2D eigenvalue weighted by atomic mass is 10.2. The van der Waals surface area contributed by atoms with Crippen molar-refractivity contribution in [3.05, 3.63) is 33.4 Å². The number of benzene rings is 1. The first kappa shape index (κ1) is 9.51. The minimum absolute atomic E-state index is 0.344. The van der Waals surface area contributed by atoms with Gasteiger partial charge in [0.2, 0.25) is 0 Å². The molecule has 1 rings (SSSR count). The molecule has 1 amide bonds. The molecule has 0 saturated heterocycles. The van der Waals surface area contributed by atoms with Crippen LogP contribution in [0.1, 0.15) is 10.4 Å². The second kappa shape index (κ2) is 4.45. The van der Waals surface area contributed by atoms with Gasteiger partial charge in [0.1, 0.15) is 0 Å². The fourth-order valence-corrected chi connectivity index (χ4v) is 1.35. The van der Waals surface area contributed by atoms with E-state index < -0.39 is 0 Å². The molecule has 0 saturated carbocycles. The van der Waals surface area contributed by atoms with Crippen molar-refractivity contribution < 1.29 is 4.79 Å². The Hall–Kier alpha value is -0.580. The molecule has 60 valence electrons. The number of carbonyl (C=O) groups excluding carboxylic acids is 1. The third kappa shape index (κ3) is 2.48. The Labute approximate surface area is 88.8 Å². The Morgan fingerprint density at radius 2 is 2.33 bits per heavy atom. The van der Waals surface area contributed by atoms with Gasteiger partial charge in [-0.1, -0.05) is 6.07 Å². The SMILES string of the molecule is O=C(N=C=S)c1cccc(I)c1.